The van der Waals surface area contributed by atoms with Crippen LogP contribution in [0.2, 0.25) is 0 Å². The van der Waals surface area contributed by atoms with Crippen LogP contribution in [-0.2, 0) is 4.79 Å². The number of benzene rings is 4. The van der Waals surface area contributed by atoms with Gasteiger partial charge in [-0.15, -0.1) is 0 Å². The zero-order valence-electron chi connectivity index (χ0n) is 18.7. The Balaban J connectivity index is 1.46. The largest absolute Gasteiger partial charge is 0.426 e. The first-order valence-electron chi connectivity index (χ1n) is 10.6. The summed E-state index contributed by atoms with van der Waals surface area (Å²) in [6.07, 6.45) is -0.906. The van der Waals surface area contributed by atoms with Gasteiger partial charge in [-0.05, 0) is 53.6 Å². The lowest BCUT2D eigenvalue weighted by molar-refractivity contribution is -0.133. The molecule has 0 N–H and O–H groups in total. The Labute approximate surface area is 208 Å². The number of carbonyl (C=O) groups is 2. The van der Waals surface area contributed by atoms with E-state index in [0.29, 0.717) is 36.4 Å². The minimum atomic E-state index is -1.73. The standard InChI is InChI=1S/C27H12F8O3/c28-18-5-12(1-3-16(18)13-6-20(30)26(34)21(31)7-13)24(36)11-25(37)38-15-2-4-17(19(29)10-15)14-8-22(32)27(35)23(33)9-14/h1-10H,11H2. The zero-order chi connectivity index (χ0) is 27.7. The second kappa shape index (κ2) is 10.4. The van der Waals surface area contributed by atoms with Crippen LogP contribution in [0.3, 0.4) is 0 Å². The monoisotopic (exact) mass is 536 g/mol. The highest BCUT2D eigenvalue weighted by molar-refractivity contribution is 6.06. The van der Waals surface area contributed by atoms with Crippen LogP contribution in [0, 0.1) is 46.5 Å². The fourth-order valence-electron chi connectivity index (χ4n) is 3.54. The van der Waals surface area contributed by atoms with Crippen molar-refractivity contribution >= 4 is 11.8 Å². The molecule has 11 heteroatoms. The molecule has 0 amide bonds. The molecule has 0 aliphatic carbocycles. The van der Waals surface area contributed by atoms with Crippen LogP contribution in [-0.4, -0.2) is 11.8 Å². The molecule has 3 nitrogen and oxygen atoms in total. The highest BCUT2D eigenvalue weighted by Crippen LogP contribution is 2.30. The van der Waals surface area contributed by atoms with E-state index in [1.54, 1.807) is 0 Å². The van der Waals surface area contributed by atoms with E-state index in [2.05, 4.69) is 0 Å². The third-order valence-electron chi connectivity index (χ3n) is 5.36. The molecule has 0 saturated carbocycles. The van der Waals surface area contributed by atoms with Crippen molar-refractivity contribution in [2.24, 2.45) is 0 Å². The van der Waals surface area contributed by atoms with Gasteiger partial charge in [-0.3, -0.25) is 9.59 Å². The lowest BCUT2D eigenvalue weighted by Crippen LogP contribution is -2.14. The maximum absolute atomic E-state index is 14.5. The predicted octanol–water partition coefficient (Wildman–Crippen LogP) is 7.31. The van der Waals surface area contributed by atoms with Crippen molar-refractivity contribution in [3.05, 3.63) is 113 Å². The molecule has 0 saturated heterocycles. The van der Waals surface area contributed by atoms with Gasteiger partial charge < -0.3 is 4.74 Å². The van der Waals surface area contributed by atoms with Crippen LogP contribution < -0.4 is 4.74 Å². The second-order valence-corrected chi connectivity index (χ2v) is 7.92. The normalized spacial score (nSPS) is 10.9. The van der Waals surface area contributed by atoms with Gasteiger partial charge in [-0.25, -0.2) is 35.1 Å². The summed E-state index contributed by atoms with van der Waals surface area (Å²) in [5.74, 6) is -14.2. The van der Waals surface area contributed by atoms with E-state index in [1.165, 1.54) is 0 Å². The molecule has 0 fully saturated rings. The van der Waals surface area contributed by atoms with Crippen molar-refractivity contribution in [1.82, 2.24) is 0 Å². The Morgan fingerprint density at radius 1 is 0.553 bits per heavy atom. The Hall–Kier alpha value is -4.54. The number of Topliss-reactive ketones (excluding diaryl/α,β-unsaturated/α-hetero) is 1. The van der Waals surface area contributed by atoms with Gasteiger partial charge in [0.15, 0.2) is 40.7 Å². The molecule has 4 aromatic carbocycles. The summed E-state index contributed by atoms with van der Waals surface area (Å²) in [5.41, 5.74) is -1.60. The second-order valence-electron chi connectivity index (χ2n) is 7.92. The molecular formula is C27H12F8O3. The SMILES string of the molecule is O=C(CC(=O)c1ccc(-c2cc(F)c(F)c(F)c2)c(F)c1)Oc1ccc(-c2cc(F)c(F)c(F)c2)c(F)c1. The van der Waals surface area contributed by atoms with E-state index in [0.717, 1.165) is 24.3 Å². The molecule has 0 radical (unpaired) electrons. The van der Waals surface area contributed by atoms with E-state index >= 15 is 0 Å². The number of rotatable bonds is 6. The topological polar surface area (TPSA) is 43.4 Å². The van der Waals surface area contributed by atoms with E-state index < -0.39 is 64.7 Å². The first kappa shape index (κ1) is 26.5. The highest BCUT2D eigenvalue weighted by atomic mass is 19.2. The van der Waals surface area contributed by atoms with E-state index in [1.807, 2.05) is 0 Å². The minimum absolute atomic E-state index is 0.298. The molecule has 0 aromatic heterocycles. The quantitative estimate of drug-likeness (QED) is 0.0648. The lowest BCUT2D eigenvalue weighted by atomic mass is 10.0. The van der Waals surface area contributed by atoms with Gasteiger partial charge in [0.25, 0.3) is 0 Å². The van der Waals surface area contributed by atoms with Crippen molar-refractivity contribution in [3.8, 4) is 28.0 Å². The number of halogens is 8. The predicted molar refractivity (Wildman–Crippen MR) is 118 cm³/mol. The molecule has 0 atom stereocenters. The molecule has 0 spiro atoms. The molecule has 4 rings (SSSR count). The molecular weight excluding hydrogens is 524 g/mol. The average Bonchev–Trinajstić information content (AvgIpc) is 2.85. The van der Waals surface area contributed by atoms with Gasteiger partial charge in [0, 0.05) is 22.8 Å². The summed E-state index contributed by atoms with van der Waals surface area (Å²) in [7, 11) is 0. The molecule has 194 valence electrons. The van der Waals surface area contributed by atoms with Crippen LogP contribution in [0.15, 0.2) is 60.7 Å². The minimum Gasteiger partial charge on any atom is -0.426 e. The Kier molecular flexibility index (Phi) is 7.29. The Morgan fingerprint density at radius 3 is 1.45 bits per heavy atom. The average molecular weight is 536 g/mol. The smallest absolute Gasteiger partial charge is 0.319 e. The maximum atomic E-state index is 14.5. The van der Waals surface area contributed by atoms with Gasteiger partial charge in [0.05, 0.1) is 0 Å². The van der Waals surface area contributed by atoms with Crippen LogP contribution in [0.5, 0.6) is 5.75 Å². The number of ketones is 1. The Bertz CT molecular complexity index is 1550. The van der Waals surface area contributed by atoms with Gasteiger partial charge >= 0.3 is 5.97 Å². The van der Waals surface area contributed by atoms with Crippen molar-refractivity contribution in [3.63, 3.8) is 0 Å². The molecule has 38 heavy (non-hydrogen) atoms. The molecule has 0 aliphatic heterocycles. The number of hydrogen-bond donors (Lipinski definition) is 0. The first-order chi connectivity index (χ1) is 17.9. The summed E-state index contributed by atoms with van der Waals surface area (Å²) in [6.45, 7) is 0. The number of carbonyl (C=O) groups excluding carboxylic acids is 2. The van der Waals surface area contributed by atoms with E-state index in [-0.39, 0.29) is 33.6 Å². The van der Waals surface area contributed by atoms with Crippen molar-refractivity contribution in [2.75, 3.05) is 0 Å². The third kappa shape index (κ3) is 5.41. The fourth-order valence-corrected chi connectivity index (χ4v) is 3.54. The van der Waals surface area contributed by atoms with Crippen LogP contribution in [0.4, 0.5) is 35.1 Å². The highest BCUT2D eigenvalue weighted by Gasteiger charge is 2.19. The Morgan fingerprint density at radius 2 is 1.00 bits per heavy atom. The van der Waals surface area contributed by atoms with Crippen molar-refractivity contribution < 1.29 is 49.4 Å². The van der Waals surface area contributed by atoms with Crippen LogP contribution >= 0.6 is 0 Å². The third-order valence-corrected chi connectivity index (χ3v) is 5.36. The van der Waals surface area contributed by atoms with E-state index in [9.17, 15) is 44.7 Å². The molecule has 0 aliphatic rings. The summed E-state index contributed by atoms with van der Waals surface area (Å²) < 4.78 is 114. The summed E-state index contributed by atoms with van der Waals surface area (Å²) >= 11 is 0. The summed E-state index contributed by atoms with van der Waals surface area (Å²) in [6, 6.07) is 7.87. The fraction of sp³-hybridized carbons (Fsp3) is 0.0370. The number of hydrogen-bond acceptors (Lipinski definition) is 3. The van der Waals surface area contributed by atoms with Gasteiger partial charge in [-0.1, -0.05) is 12.1 Å². The molecule has 0 heterocycles. The summed E-state index contributed by atoms with van der Waals surface area (Å²) in [4.78, 5) is 24.5. The lowest BCUT2D eigenvalue weighted by Gasteiger charge is -2.09. The maximum Gasteiger partial charge on any atom is 0.319 e. The van der Waals surface area contributed by atoms with Gasteiger partial charge in [0.1, 0.15) is 23.8 Å². The van der Waals surface area contributed by atoms with Gasteiger partial charge in [0.2, 0.25) is 0 Å². The first-order valence-corrected chi connectivity index (χ1v) is 10.6. The van der Waals surface area contributed by atoms with Crippen LogP contribution in [0.25, 0.3) is 22.3 Å². The van der Waals surface area contributed by atoms with Crippen LogP contribution in [0.1, 0.15) is 16.8 Å². The summed E-state index contributed by atoms with van der Waals surface area (Å²) in [5, 5.41) is 0. The van der Waals surface area contributed by atoms with Gasteiger partial charge in [-0.2, -0.15) is 0 Å². The molecule has 0 bridgehead atoms. The van der Waals surface area contributed by atoms with Crippen molar-refractivity contribution in [2.45, 2.75) is 6.42 Å². The van der Waals surface area contributed by atoms with Crippen molar-refractivity contribution in [1.29, 1.82) is 0 Å². The molecule has 0 unspecified atom stereocenters. The number of esters is 1. The molecule has 4 aromatic rings. The van der Waals surface area contributed by atoms with E-state index in [4.69, 9.17) is 4.74 Å². The zero-order valence-corrected chi connectivity index (χ0v) is 18.7. The number of ether oxygens (including phenoxy) is 1.